The van der Waals surface area contributed by atoms with Gasteiger partial charge in [-0.2, -0.15) is 0 Å². The van der Waals surface area contributed by atoms with E-state index >= 15 is 0 Å². The summed E-state index contributed by atoms with van der Waals surface area (Å²) in [6.45, 7) is 0. The van der Waals surface area contributed by atoms with Crippen molar-refractivity contribution in [3.05, 3.63) is 212 Å². The highest BCUT2D eigenvalue weighted by molar-refractivity contribution is 6.18. The second-order valence-electron chi connectivity index (χ2n) is 15.9. The first kappa shape index (κ1) is 33.0. The van der Waals surface area contributed by atoms with Crippen LogP contribution in [0, 0.1) is 0 Å². The molecule has 0 N–H and O–H groups in total. The monoisotopic (exact) mass is 761 g/mol. The minimum atomic E-state index is 1.01. The highest BCUT2D eigenvalue weighted by atomic mass is 15.0. The first-order chi connectivity index (χ1) is 29.8. The molecule has 0 unspecified atom stereocenters. The summed E-state index contributed by atoms with van der Waals surface area (Å²) >= 11 is 0. The lowest BCUT2D eigenvalue weighted by atomic mass is 9.96. The molecule has 0 radical (unpaired) electrons. The van der Waals surface area contributed by atoms with Gasteiger partial charge in [0, 0.05) is 61.0 Å². The molecule has 9 aromatic carbocycles. The third-order valence-electron chi connectivity index (χ3n) is 12.7. The van der Waals surface area contributed by atoms with Crippen molar-refractivity contribution in [2.75, 3.05) is 0 Å². The molecule has 0 fully saturated rings. The third kappa shape index (κ3) is 4.81. The predicted molar refractivity (Wildman–Crippen MR) is 251 cm³/mol. The number of pyridine rings is 1. The summed E-state index contributed by atoms with van der Waals surface area (Å²) < 4.78 is 4.79. The Kier molecular flexibility index (Phi) is 7.01. The lowest BCUT2D eigenvalue weighted by Crippen LogP contribution is -1.93. The van der Waals surface area contributed by atoms with Crippen LogP contribution in [0.4, 0.5) is 0 Å². The average Bonchev–Trinajstić information content (AvgIpc) is 3.95. The molecule has 1 aliphatic carbocycles. The van der Waals surface area contributed by atoms with Crippen molar-refractivity contribution >= 4 is 54.4 Å². The van der Waals surface area contributed by atoms with Crippen LogP contribution in [-0.4, -0.2) is 14.1 Å². The Balaban J connectivity index is 0.952. The quantitative estimate of drug-likeness (QED) is 0.171. The second kappa shape index (κ2) is 12.7. The van der Waals surface area contributed by atoms with Crippen LogP contribution in [0.5, 0.6) is 0 Å². The molecule has 12 aromatic rings. The average molecular weight is 762 g/mol. The van der Waals surface area contributed by atoms with Crippen molar-refractivity contribution < 1.29 is 0 Å². The van der Waals surface area contributed by atoms with Gasteiger partial charge >= 0.3 is 0 Å². The van der Waals surface area contributed by atoms with Crippen molar-refractivity contribution in [2.24, 2.45) is 0 Å². The second-order valence-corrected chi connectivity index (χ2v) is 15.9. The molecule has 0 saturated carbocycles. The Bertz CT molecular complexity index is 3670. The fraction of sp³-hybridized carbons (Fsp3) is 0. The summed E-state index contributed by atoms with van der Waals surface area (Å²) in [5.74, 6) is 0. The van der Waals surface area contributed by atoms with E-state index < -0.39 is 0 Å². The maximum atomic E-state index is 5.12. The SMILES string of the molecule is c1ccc(-n2c3ccccc3c3cc(-c4ccc5c(c4)c4ccc(-c6cccc(-c7ncc8c9c(cccc79)-c7ccccc7-8)c6)cc4n5-c4ccccc4)ccc32)cc1. The van der Waals surface area contributed by atoms with Gasteiger partial charge in [-0.15, -0.1) is 0 Å². The fourth-order valence-corrected chi connectivity index (χ4v) is 10.0. The highest BCUT2D eigenvalue weighted by Crippen LogP contribution is 2.49. The van der Waals surface area contributed by atoms with Crippen molar-refractivity contribution in [3.63, 3.8) is 0 Å². The molecule has 0 amide bonds. The molecule has 60 heavy (non-hydrogen) atoms. The summed E-state index contributed by atoms with van der Waals surface area (Å²) in [7, 11) is 0. The van der Waals surface area contributed by atoms with Gasteiger partial charge in [0.05, 0.1) is 27.8 Å². The summed E-state index contributed by atoms with van der Waals surface area (Å²) in [6, 6.07) is 75.2. The smallest absolute Gasteiger partial charge is 0.0781 e. The number of nitrogens with zero attached hydrogens (tertiary/aromatic N) is 3. The number of para-hydroxylation sites is 3. The Hall–Kier alpha value is -8.01. The van der Waals surface area contributed by atoms with Crippen LogP contribution >= 0.6 is 0 Å². The van der Waals surface area contributed by atoms with Crippen LogP contribution in [0.25, 0.3) is 122 Å². The third-order valence-corrected chi connectivity index (χ3v) is 12.7. The van der Waals surface area contributed by atoms with Crippen LogP contribution in [0.15, 0.2) is 212 Å². The minimum absolute atomic E-state index is 1.01. The zero-order chi connectivity index (χ0) is 39.3. The fourth-order valence-electron chi connectivity index (χ4n) is 10.0. The number of hydrogen-bond acceptors (Lipinski definition) is 1. The first-order valence-corrected chi connectivity index (χ1v) is 20.6. The Morgan fingerprint density at radius 3 is 1.52 bits per heavy atom. The van der Waals surface area contributed by atoms with Crippen LogP contribution < -0.4 is 0 Å². The van der Waals surface area contributed by atoms with Crippen LogP contribution in [0.1, 0.15) is 0 Å². The van der Waals surface area contributed by atoms with Crippen LogP contribution in [0.2, 0.25) is 0 Å². The van der Waals surface area contributed by atoms with Crippen LogP contribution in [-0.2, 0) is 0 Å². The maximum Gasteiger partial charge on any atom is 0.0781 e. The normalized spacial score (nSPS) is 12.0. The summed E-state index contributed by atoms with van der Waals surface area (Å²) in [6.07, 6.45) is 2.07. The predicted octanol–water partition coefficient (Wildman–Crippen LogP) is 15.1. The van der Waals surface area contributed by atoms with E-state index in [1.165, 1.54) is 99.0 Å². The summed E-state index contributed by atoms with van der Waals surface area (Å²) in [5.41, 5.74) is 19.0. The van der Waals surface area contributed by atoms with E-state index in [4.69, 9.17) is 4.98 Å². The lowest BCUT2D eigenvalue weighted by molar-refractivity contribution is 1.18. The lowest BCUT2D eigenvalue weighted by Gasteiger charge is -2.11. The van der Waals surface area contributed by atoms with Gasteiger partial charge in [0.1, 0.15) is 0 Å². The molecule has 0 atom stereocenters. The van der Waals surface area contributed by atoms with Crippen molar-refractivity contribution in [1.29, 1.82) is 0 Å². The number of fused-ring (bicyclic) bond motifs is 9. The molecule has 1 aliphatic rings. The molecule has 3 nitrogen and oxygen atoms in total. The van der Waals surface area contributed by atoms with Gasteiger partial charge in [-0.25, -0.2) is 0 Å². The van der Waals surface area contributed by atoms with Gasteiger partial charge in [-0.3, -0.25) is 4.98 Å². The molecule has 0 saturated heterocycles. The molecule has 0 bridgehead atoms. The van der Waals surface area contributed by atoms with E-state index in [0.29, 0.717) is 0 Å². The molecule has 3 heterocycles. The first-order valence-electron chi connectivity index (χ1n) is 20.6. The molecule has 3 heteroatoms. The number of aromatic nitrogens is 3. The van der Waals surface area contributed by atoms with Gasteiger partial charge in [0.25, 0.3) is 0 Å². The van der Waals surface area contributed by atoms with E-state index in [-0.39, 0.29) is 0 Å². The maximum absolute atomic E-state index is 5.12. The molecule has 0 spiro atoms. The summed E-state index contributed by atoms with van der Waals surface area (Å²) in [4.78, 5) is 5.12. The van der Waals surface area contributed by atoms with E-state index in [2.05, 4.69) is 222 Å². The number of rotatable bonds is 5. The molecule has 0 aliphatic heterocycles. The van der Waals surface area contributed by atoms with Gasteiger partial charge in [-0.1, -0.05) is 140 Å². The van der Waals surface area contributed by atoms with E-state index in [0.717, 1.165) is 22.5 Å². The Morgan fingerprint density at radius 2 is 0.783 bits per heavy atom. The van der Waals surface area contributed by atoms with E-state index in [1.807, 2.05) is 0 Å². The molecule has 3 aromatic heterocycles. The van der Waals surface area contributed by atoms with Crippen molar-refractivity contribution in [3.8, 4) is 67.1 Å². The molecular formula is C57H35N3. The molecule has 278 valence electrons. The van der Waals surface area contributed by atoms with Crippen molar-refractivity contribution in [2.45, 2.75) is 0 Å². The van der Waals surface area contributed by atoms with E-state index in [1.54, 1.807) is 0 Å². The minimum Gasteiger partial charge on any atom is -0.309 e. The summed E-state index contributed by atoms with van der Waals surface area (Å²) in [5, 5.41) is 7.45. The van der Waals surface area contributed by atoms with Gasteiger partial charge < -0.3 is 9.13 Å². The van der Waals surface area contributed by atoms with Gasteiger partial charge in [0.15, 0.2) is 0 Å². The zero-order valence-electron chi connectivity index (χ0n) is 32.5. The Morgan fingerprint density at radius 1 is 0.283 bits per heavy atom. The number of benzene rings is 9. The molecule has 13 rings (SSSR count). The zero-order valence-corrected chi connectivity index (χ0v) is 32.5. The van der Waals surface area contributed by atoms with Crippen LogP contribution in [0.3, 0.4) is 0 Å². The highest BCUT2D eigenvalue weighted by Gasteiger charge is 2.23. The number of hydrogen-bond donors (Lipinski definition) is 0. The van der Waals surface area contributed by atoms with E-state index in [9.17, 15) is 0 Å². The van der Waals surface area contributed by atoms with Gasteiger partial charge in [0.2, 0.25) is 0 Å². The standard InChI is InChI=1S/C57H35N3/c1-3-15-41(16-4-1)59-52-24-10-9-21-45(52)49-32-37(26-29-53(49)59)38-27-30-54-50(33-38)46-28-25-39(34-55(46)60(54)42-17-5-2-6-18-42)36-13-11-14-40(31-36)57-48-23-12-22-47-43-19-7-8-20-44(43)51(35-58-57)56(47)48/h1-35H. The largest absolute Gasteiger partial charge is 0.309 e. The topological polar surface area (TPSA) is 22.8 Å². The van der Waals surface area contributed by atoms with Gasteiger partial charge in [-0.05, 0) is 106 Å². The molecular weight excluding hydrogens is 727 g/mol. The van der Waals surface area contributed by atoms with Crippen molar-refractivity contribution in [1.82, 2.24) is 14.1 Å². The Labute approximate surface area is 346 Å².